The zero-order valence-corrected chi connectivity index (χ0v) is 13.1. The summed E-state index contributed by atoms with van der Waals surface area (Å²) >= 11 is 0. The van der Waals surface area contributed by atoms with Gasteiger partial charge in [0.1, 0.15) is 5.78 Å². The molecule has 5 aliphatic carbocycles. The van der Waals surface area contributed by atoms with Gasteiger partial charge in [-0.1, -0.05) is 13.3 Å². The summed E-state index contributed by atoms with van der Waals surface area (Å²) in [6.07, 6.45) is 9.56. The Morgan fingerprint density at radius 3 is 2.95 bits per heavy atom. The van der Waals surface area contributed by atoms with Crippen LogP contribution >= 0.6 is 0 Å². The molecule has 6 rings (SSSR count). The van der Waals surface area contributed by atoms with Gasteiger partial charge in [0.25, 0.3) is 0 Å². The van der Waals surface area contributed by atoms with E-state index < -0.39 is 0 Å². The van der Waals surface area contributed by atoms with Crippen molar-refractivity contribution in [2.24, 2.45) is 46.3 Å². The summed E-state index contributed by atoms with van der Waals surface area (Å²) in [4.78, 5) is 12.9. The van der Waals surface area contributed by atoms with Crippen LogP contribution in [0.1, 0.15) is 51.9 Å². The lowest BCUT2D eigenvalue weighted by molar-refractivity contribution is -0.143. The van der Waals surface area contributed by atoms with Crippen LogP contribution in [0, 0.1) is 46.3 Å². The molecule has 0 aromatic heterocycles. The first-order valence-corrected chi connectivity index (χ1v) is 9.42. The van der Waals surface area contributed by atoms with Crippen LogP contribution in [0.3, 0.4) is 0 Å². The van der Waals surface area contributed by atoms with Crippen molar-refractivity contribution in [2.45, 2.75) is 57.9 Å². The maximum Gasteiger partial charge on any atom is 0.139 e. The van der Waals surface area contributed by atoms with E-state index in [0.29, 0.717) is 28.4 Å². The van der Waals surface area contributed by atoms with Crippen molar-refractivity contribution in [1.82, 2.24) is 5.32 Å². The molecule has 114 valence electrons. The molecule has 21 heavy (non-hydrogen) atoms. The molecule has 6 fully saturated rings. The maximum atomic E-state index is 12.9. The van der Waals surface area contributed by atoms with Crippen LogP contribution in [0.2, 0.25) is 0 Å². The summed E-state index contributed by atoms with van der Waals surface area (Å²) in [6, 6.07) is 0.770. The largest absolute Gasteiger partial charge is 0.313 e. The predicted molar refractivity (Wildman–Crippen MR) is 80.6 cm³/mol. The Bertz CT molecular complexity index is 544. The Hall–Kier alpha value is -0.370. The number of rotatable bonds is 0. The zero-order valence-electron chi connectivity index (χ0n) is 13.1. The Morgan fingerprint density at radius 1 is 1.14 bits per heavy atom. The van der Waals surface area contributed by atoms with Gasteiger partial charge in [-0.2, -0.15) is 0 Å². The third kappa shape index (κ3) is 1.10. The summed E-state index contributed by atoms with van der Waals surface area (Å²) in [5.41, 5.74) is 1.05. The van der Waals surface area contributed by atoms with Gasteiger partial charge in [0, 0.05) is 24.4 Å². The second-order valence-corrected chi connectivity index (χ2v) is 9.64. The number of hydrogen-bond acceptors (Lipinski definition) is 2. The van der Waals surface area contributed by atoms with Gasteiger partial charge in [-0.15, -0.1) is 0 Å². The topological polar surface area (TPSA) is 29.1 Å². The van der Waals surface area contributed by atoms with Gasteiger partial charge in [0.2, 0.25) is 0 Å². The molecule has 2 heteroatoms. The molecule has 7 bridgehead atoms. The smallest absolute Gasteiger partial charge is 0.139 e. The molecular weight excluding hydrogens is 258 g/mol. The number of piperidine rings is 1. The molecule has 6 aliphatic rings. The van der Waals surface area contributed by atoms with Gasteiger partial charge in [0.05, 0.1) is 0 Å². The third-order valence-corrected chi connectivity index (χ3v) is 9.34. The van der Waals surface area contributed by atoms with Crippen molar-refractivity contribution in [3.05, 3.63) is 0 Å². The molecule has 9 atom stereocenters. The first-order valence-electron chi connectivity index (χ1n) is 9.42. The minimum Gasteiger partial charge on any atom is -0.313 e. The fourth-order valence-corrected chi connectivity index (χ4v) is 8.89. The highest BCUT2D eigenvalue weighted by Crippen LogP contribution is 2.75. The predicted octanol–water partition coefficient (Wildman–Crippen LogP) is 3.02. The Balaban J connectivity index is 1.58. The van der Waals surface area contributed by atoms with Crippen LogP contribution in [0.25, 0.3) is 0 Å². The highest BCUT2D eigenvalue weighted by atomic mass is 16.1. The monoisotopic (exact) mass is 285 g/mol. The van der Waals surface area contributed by atoms with Gasteiger partial charge in [-0.25, -0.2) is 0 Å². The number of fused-ring (bicyclic) bond motifs is 2. The molecule has 1 heterocycles. The van der Waals surface area contributed by atoms with E-state index in [1.807, 2.05) is 0 Å². The van der Waals surface area contributed by atoms with Crippen molar-refractivity contribution in [1.29, 1.82) is 0 Å². The number of ketones is 1. The summed E-state index contributed by atoms with van der Waals surface area (Å²) in [6.45, 7) is 3.81. The lowest BCUT2D eigenvalue weighted by atomic mass is 9.46. The molecule has 0 unspecified atom stereocenters. The molecular formula is C19H27NO. The van der Waals surface area contributed by atoms with Gasteiger partial charge >= 0.3 is 0 Å². The minimum atomic E-state index is 0.457. The lowest BCUT2D eigenvalue weighted by Gasteiger charge is -2.63. The Labute approximate surface area is 127 Å². The maximum absolute atomic E-state index is 12.9. The Morgan fingerprint density at radius 2 is 2.05 bits per heavy atom. The van der Waals surface area contributed by atoms with Crippen LogP contribution in [0.4, 0.5) is 0 Å². The third-order valence-electron chi connectivity index (χ3n) is 9.34. The van der Waals surface area contributed by atoms with Gasteiger partial charge in [-0.3, -0.25) is 4.79 Å². The van der Waals surface area contributed by atoms with E-state index in [1.165, 1.54) is 51.5 Å². The Kier molecular flexibility index (Phi) is 1.97. The molecule has 0 aromatic rings. The van der Waals surface area contributed by atoms with E-state index in [0.717, 1.165) is 29.7 Å². The van der Waals surface area contributed by atoms with Crippen molar-refractivity contribution < 1.29 is 4.79 Å². The normalized spacial score (nSPS) is 66.5. The van der Waals surface area contributed by atoms with E-state index in [-0.39, 0.29) is 0 Å². The van der Waals surface area contributed by atoms with Crippen molar-refractivity contribution >= 4 is 5.78 Å². The molecule has 1 N–H and O–H groups in total. The fraction of sp³-hybridized carbons (Fsp3) is 0.947. The van der Waals surface area contributed by atoms with Crippen molar-refractivity contribution in [3.8, 4) is 0 Å². The number of hydrogen-bond donors (Lipinski definition) is 1. The molecule has 2 nitrogen and oxygen atoms in total. The zero-order chi connectivity index (χ0) is 14.0. The van der Waals surface area contributed by atoms with E-state index >= 15 is 0 Å². The summed E-state index contributed by atoms with van der Waals surface area (Å²) in [5.74, 6) is 4.90. The number of nitrogens with one attached hydrogen (secondary N) is 1. The fourth-order valence-electron chi connectivity index (χ4n) is 8.89. The molecule has 1 aliphatic heterocycles. The van der Waals surface area contributed by atoms with Crippen LogP contribution < -0.4 is 5.32 Å². The van der Waals surface area contributed by atoms with Crippen LogP contribution in [-0.4, -0.2) is 18.4 Å². The molecule has 5 saturated carbocycles. The molecule has 1 spiro atoms. The van der Waals surface area contributed by atoms with E-state index in [1.54, 1.807) is 0 Å². The molecule has 0 aromatic carbocycles. The quantitative estimate of drug-likeness (QED) is 0.741. The van der Waals surface area contributed by atoms with Crippen LogP contribution in [0.15, 0.2) is 0 Å². The second-order valence-electron chi connectivity index (χ2n) is 9.64. The average molecular weight is 285 g/mol. The number of carbonyl (C=O) groups is 1. The second kappa shape index (κ2) is 3.42. The first kappa shape index (κ1) is 12.1. The van der Waals surface area contributed by atoms with E-state index in [4.69, 9.17) is 0 Å². The van der Waals surface area contributed by atoms with Crippen molar-refractivity contribution in [3.63, 3.8) is 0 Å². The van der Waals surface area contributed by atoms with Crippen LogP contribution in [0.5, 0.6) is 0 Å². The van der Waals surface area contributed by atoms with Crippen LogP contribution in [-0.2, 0) is 4.79 Å². The van der Waals surface area contributed by atoms with Crippen molar-refractivity contribution in [2.75, 3.05) is 6.54 Å². The number of Topliss-reactive ketones (excluding diaryl/α,β-unsaturated/α-hetero) is 1. The van der Waals surface area contributed by atoms with Gasteiger partial charge < -0.3 is 5.32 Å². The van der Waals surface area contributed by atoms with E-state index in [9.17, 15) is 4.79 Å². The minimum absolute atomic E-state index is 0.457. The highest BCUT2D eigenvalue weighted by Gasteiger charge is 2.75. The summed E-state index contributed by atoms with van der Waals surface area (Å²) < 4.78 is 0. The lowest BCUT2D eigenvalue weighted by Crippen LogP contribution is -2.67. The first-order chi connectivity index (χ1) is 10.2. The van der Waals surface area contributed by atoms with E-state index in [2.05, 4.69) is 12.2 Å². The highest BCUT2D eigenvalue weighted by molar-refractivity contribution is 5.87. The number of carbonyl (C=O) groups excluding carboxylic acids is 1. The average Bonchev–Trinajstić information content (AvgIpc) is 2.77. The standard InChI is InChI=1S/C19H27NO/c1-18-5-2-6-19-13-7-10-3-4-11(15(13)16(10)21)12(8-14(18)19)17(19)20-9-18/h10-15,17,20H,2-9H2,1H3/t10-,11+,12+,13+,14+,15+,17+,18-,19+/m0/s1. The van der Waals surface area contributed by atoms with Gasteiger partial charge in [-0.05, 0) is 73.0 Å². The SMILES string of the molecule is C[C@@]12CCC[C@@]34[C@@H]5C[C@@H]6CC[C@H]([C@@H](C[C@H]13)[C@H]4NC2)[C@H]5C6=O. The molecule has 0 amide bonds. The molecule has 1 saturated heterocycles. The summed E-state index contributed by atoms with van der Waals surface area (Å²) in [5, 5.41) is 4.04. The van der Waals surface area contributed by atoms with Gasteiger partial charge in [0.15, 0.2) is 0 Å². The molecule has 0 radical (unpaired) electrons. The summed E-state index contributed by atoms with van der Waals surface area (Å²) in [7, 11) is 0.